The molecule has 0 unspecified atom stereocenters. The normalized spacial score (nSPS) is 10.2. The number of benzene rings is 1. The molecule has 0 spiro atoms. The minimum Gasteiger partial charge on any atom is -0.142 e. The van der Waals surface area contributed by atoms with Crippen LogP contribution < -0.4 is 0 Å². The Bertz CT molecular complexity index is 261. The van der Waals surface area contributed by atoms with Crippen molar-refractivity contribution in [3.63, 3.8) is 0 Å². The number of hydrogen-bond donors (Lipinski definition) is 1. The van der Waals surface area contributed by atoms with Gasteiger partial charge in [-0.1, -0.05) is 28.1 Å². The Hall–Kier alpha value is 0.530. The van der Waals surface area contributed by atoms with Crippen LogP contribution in [0.4, 0.5) is 0 Å². The van der Waals surface area contributed by atoms with Crippen molar-refractivity contribution < 1.29 is 0 Å². The molecule has 0 aliphatic carbocycles. The predicted molar refractivity (Wildman–Crippen MR) is 63.5 cm³/mol. The van der Waals surface area contributed by atoms with Gasteiger partial charge in [-0.15, -0.1) is 12.6 Å². The van der Waals surface area contributed by atoms with Crippen LogP contribution in [0.3, 0.4) is 0 Å². The molecular weight excluding hydrogens is 300 g/mol. The monoisotopic (exact) mass is 308 g/mol. The van der Waals surface area contributed by atoms with Gasteiger partial charge in [0, 0.05) is 14.7 Å². The van der Waals surface area contributed by atoms with Crippen LogP contribution in [0.1, 0.15) is 12.0 Å². The van der Waals surface area contributed by atoms with Crippen molar-refractivity contribution in [2.24, 2.45) is 0 Å². The van der Waals surface area contributed by atoms with E-state index in [1.54, 1.807) is 0 Å². The van der Waals surface area contributed by atoms with E-state index in [4.69, 9.17) is 0 Å². The first kappa shape index (κ1) is 10.6. The topological polar surface area (TPSA) is 0 Å². The molecule has 3 heteroatoms. The third-order valence-corrected chi connectivity index (χ3v) is 3.71. The average Bonchev–Trinajstić information content (AvgIpc) is 2.08. The van der Waals surface area contributed by atoms with Gasteiger partial charge in [0.2, 0.25) is 0 Å². The van der Waals surface area contributed by atoms with E-state index >= 15 is 0 Å². The van der Waals surface area contributed by atoms with Crippen LogP contribution in [0.15, 0.2) is 27.6 Å². The summed E-state index contributed by atoms with van der Waals surface area (Å²) in [5, 5.41) is 1.05. The van der Waals surface area contributed by atoms with Gasteiger partial charge in [-0.2, -0.15) is 0 Å². The lowest BCUT2D eigenvalue weighted by Crippen LogP contribution is -1.88. The van der Waals surface area contributed by atoms with E-state index in [1.165, 1.54) is 5.56 Å². The van der Waals surface area contributed by atoms with Crippen LogP contribution >= 0.6 is 44.5 Å². The molecule has 0 fully saturated rings. The number of thiol groups is 1. The van der Waals surface area contributed by atoms with Gasteiger partial charge < -0.3 is 0 Å². The SMILES string of the molecule is Sc1c(Br)cccc1CCCBr. The van der Waals surface area contributed by atoms with E-state index in [0.717, 1.165) is 27.5 Å². The Labute approximate surface area is 95.4 Å². The fraction of sp³-hybridized carbons (Fsp3) is 0.333. The molecule has 66 valence electrons. The molecule has 0 aromatic heterocycles. The summed E-state index contributed by atoms with van der Waals surface area (Å²) in [4.78, 5) is 1.07. The second kappa shape index (κ2) is 5.30. The first-order chi connectivity index (χ1) is 5.75. The first-order valence-electron chi connectivity index (χ1n) is 3.78. The molecule has 1 rings (SSSR count). The molecule has 0 aliphatic heterocycles. The van der Waals surface area contributed by atoms with Crippen LogP contribution in [-0.2, 0) is 6.42 Å². The van der Waals surface area contributed by atoms with Crippen molar-refractivity contribution >= 4 is 44.5 Å². The van der Waals surface area contributed by atoms with Gasteiger partial charge in [0.05, 0.1) is 0 Å². The molecule has 0 amide bonds. The zero-order valence-corrected chi connectivity index (χ0v) is 10.6. The predicted octanol–water partition coefficient (Wildman–Crippen LogP) is 4.07. The highest BCUT2D eigenvalue weighted by Gasteiger charge is 2.00. The quantitative estimate of drug-likeness (QED) is 0.631. The summed E-state index contributed by atoms with van der Waals surface area (Å²) in [6, 6.07) is 6.18. The van der Waals surface area contributed by atoms with Crippen LogP contribution in [0.5, 0.6) is 0 Å². The smallest absolute Gasteiger partial charge is 0.0311 e. The molecule has 0 radical (unpaired) electrons. The summed E-state index contributed by atoms with van der Waals surface area (Å²) in [5.41, 5.74) is 1.31. The van der Waals surface area contributed by atoms with Gasteiger partial charge in [-0.05, 0) is 40.4 Å². The fourth-order valence-corrected chi connectivity index (χ4v) is 1.97. The summed E-state index contributed by atoms with van der Waals surface area (Å²) in [7, 11) is 0. The Morgan fingerprint density at radius 1 is 1.33 bits per heavy atom. The van der Waals surface area contributed by atoms with Gasteiger partial charge in [-0.3, -0.25) is 0 Å². The van der Waals surface area contributed by atoms with E-state index in [0.29, 0.717) is 0 Å². The maximum atomic E-state index is 4.42. The maximum Gasteiger partial charge on any atom is 0.0311 e. The molecule has 12 heavy (non-hydrogen) atoms. The average molecular weight is 310 g/mol. The van der Waals surface area contributed by atoms with Gasteiger partial charge >= 0.3 is 0 Å². The van der Waals surface area contributed by atoms with Crippen molar-refractivity contribution in [2.45, 2.75) is 17.7 Å². The maximum absolute atomic E-state index is 4.42. The van der Waals surface area contributed by atoms with Crippen molar-refractivity contribution in [3.05, 3.63) is 28.2 Å². The second-order valence-corrected chi connectivity index (χ2v) is 4.63. The Morgan fingerprint density at radius 2 is 2.08 bits per heavy atom. The van der Waals surface area contributed by atoms with Crippen LogP contribution in [0.25, 0.3) is 0 Å². The molecule has 0 heterocycles. The zero-order valence-electron chi connectivity index (χ0n) is 6.56. The lowest BCUT2D eigenvalue weighted by Gasteiger charge is -2.04. The first-order valence-corrected chi connectivity index (χ1v) is 6.14. The summed E-state index contributed by atoms with van der Waals surface area (Å²) in [5.74, 6) is 0. The molecule has 1 aromatic carbocycles. The molecule has 0 saturated carbocycles. The number of rotatable bonds is 3. The van der Waals surface area contributed by atoms with Gasteiger partial charge in [0.25, 0.3) is 0 Å². The minimum absolute atomic E-state index is 1.05. The molecule has 0 nitrogen and oxygen atoms in total. The molecular formula is C9H10Br2S. The van der Waals surface area contributed by atoms with E-state index < -0.39 is 0 Å². The van der Waals surface area contributed by atoms with Crippen LogP contribution in [0.2, 0.25) is 0 Å². The minimum atomic E-state index is 1.05. The van der Waals surface area contributed by atoms with Gasteiger partial charge in [0.15, 0.2) is 0 Å². The number of halogens is 2. The Morgan fingerprint density at radius 3 is 2.75 bits per heavy atom. The molecule has 0 aliphatic rings. The van der Waals surface area contributed by atoms with E-state index in [1.807, 2.05) is 12.1 Å². The largest absolute Gasteiger partial charge is 0.142 e. The standard InChI is InChI=1S/C9H10Br2S/c10-6-2-4-7-3-1-5-8(11)9(7)12/h1,3,5,12H,2,4,6H2. The summed E-state index contributed by atoms with van der Waals surface area (Å²) >= 11 is 11.3. The number of aryl methyl sites for hydroxylation is 1. The molecule has 1 aromatic rings. The third-order valence-electron chi connectivity index (χ3n) is 1.65. The van der Waals surface area contributed by atoms with E-state index in [9.17, 15) is 0 Å². The summed E-state index contributed by atoms with van der Waals surface area (Å²) < 4.78 is 1.08. The fourth-order valence-electron chi connectivity index (χ4n) is 1.02. The molecule has 0 bridgehead atoms. The Kier molecular flexibility index (Phi) is 4.69. The molecule has 0 atom stereocenters. The molecule has 0 N–H and O–H groups in total. The lowest BCUT2D eigenvalue weighted by molar-refractivity contribution is 0.914. The summed E-state index contributed by atoms with van der Waals surface area (Å²) in [6.07, 6.45) is 2.24. The molecule has 0 saturated heterocycles. The van der Waals surface area contributed by atoms with Crippen molar-refractivity contribution in [3.8, 4) is 0 Å². The van der Waals surface area contributed by atoms with Crippen molar-refractivity contribution in [1.29, 1.82) is 0 Å². The summed E-state index contributed by atoms with van der Waals surface area (Å²) in [6.45, 7) is 0. The third kappa shape index (κ3) is 2.79. The highest BCUT2D eigenvalue weighted by atomic mass is 79.9. The van der Waals surface area contributed by atoms with Crippen molar-refractivity contribution in [2.75, 3.05) is 5.33 Å². The lowest BCUT2D eigenvalue weighted by atomic mass is 10.1. The van der Waals surface area contributed by atoms with Crippen LogP contribution in [0, 0.1) is 0 Å². The van der Waals surface area contributed by atoms with Gasteiger partial charge in [-0.25, -0.2) is 0 Å². The highest BCUT2D eigenvalue weighted by molar-refractivity contribution is 9.10. The van der Waals surface area contributed by atoms with Gasteiger partial charge in [0.1, 0.15) is 0 Å². The second-order valence-electron chi connectivity index (χ2n) is 2.54. The van der Waals surface area contributed by atoms with Crippen LogP contribution in [-0.4, -0.2) is 5.33 Å². The van der Waals surface area contributed by atoms with E-state index in [-0.39, 0.29) is 0 Å². The highest BCUT2D eigenvalue weighted by Crippen LogP contribution is 2.25. The number of hydrogen-bond acceptors (Lipinski definition) is 1. The zero-order chi connectivity index (χ0) is 8.97. The van der Waals surface area contributed by atoms with E-state index in [2.05, 4.69) is 50.6 Å². The number of alkyl halides is 1. The Balaban J connectivity index is 2.78. The van der Waals surface area contributed by atoms with Crippen molar-refractivity contribution in [1.82, 2.24) is 0 Å².